The van der Waals surface area contributed by atoms with E-state index in [1.54, 1.807) is 0 Å². The summed E-state index contributed by atoms with van der Waals surface area (Å²) in [5.74, 6) is 1.40. The maximum Gasteiger partial charge on any atom is 0.134 e. The normalized spacial score (nSPS) is 24.3. The van der Waals surface area contributed by atoms with Gasteiger partial charge < -0.3 is 14.8 Å². The molecule has 0 bridgehead atoms. The highest BCUT2D eigenvalue weighted by atomic mass is 16.3. The minimum atomic E-state index is -0.143. The van der Waals surface area contributed by atoms with E-state index < -0.39 is 0 Å². The van der Waals surface area contributed by atoms with Crippen LogP contribution in [-0.2, 0) is 0 Å². The molecule has 1 heterocycles. The number of fused-ring (bicyclic) bond motifs is 1. The van der Waals surface area contributed by atoms with Crippen LogP contribution in [0.5, 0.6) is 0 Å². The summed E-state index contributed by atoms with van der Waals surface area (Å²) in [4.78, 5) is 0. The Hall–Kier alpha value is -1.32. The van der Waals surface area contributed by atoms with Crippen LogP contribution in [0, 0.1) is 12.8 Å². The Morgan fingerprint density at radius 1 is 1.29 bits per heavy atom. The molecule has 3 atom stereocenters. The highest BCUT2D eigenvalue weighted by Gasteiger charge is 2.24. The van der Waals surface area contributed by atoms with Gasteiger partial charge in [-0.05, 0) is 44.2 Å². The van der Waals surface area contributed by atoms with Gasteiger partial charge >= 0.3 is 0 Å². The first-order chi connectivity index (χ1) is 10.2. The van der Waals surface area contributed by atoms with E-state index in [0.717, 1.165) is 37.2 Å². The molecule has 2 aromatic rings. The summed E-state index contributed by atoms with van der Waals surface area (Å²) < 4.78 is 6.00. The summed E-state index contributed by atoms with van der Waals surface area (Å²) in [6.07, 6.45) is 4.33. The first-order valence-electron chi connectivity index (χ1n) is 8.06. The minimum Gasteiger partial charge on any atom is -0.459 e. The molecule has 2 N–H and O–H groups in total. The number of aryl methyl sites for hydroxylation is 1. The van der Waals surface area contributed by atoms with Gasteiger partial charge in [0.15, 0.2) is 0 Å². The molecule has 1 fully saturated rings. The van der Waals surface area contributed by atoms with E-state index in [-0.39, 0.29) is 12.1 Å². The highest BCUT2D eigenvalue weighted by Crippen LogP contribution is 2.30. The number of benzene rings is 1. The number of hydrogen-bond acceptors (Lipinski definition) is 3. The number of furan rings is 1. The lowest BCUT2D eigenvalue weighted by atomic mass is 9.86. The summed E-state index contributed by atoms with van der Waals surface area (Å²) in [6, 6.07) is 8.35. The third-order valence-corrected chi connectivity index (χ3v) is 4.83. The van der Waals surface area contributed by atoms with Crippen molar-refractivity contribution in [3.8, 4) is 0 Å². The molecule has 114 valence electrons. The molecule has 1 aliphatic rings. The lowest BCUT2D eigenvalue weighted by Gasteiger charge is -2.28. The van der Waals surface area contributed by atoms with E-state index in [1.807, 2.05) is 18.2 Å². The number of para-hydroxylation sites is 1. The molecule has 3 heteroatoms. The maximum absolute atomic E-state index is 10.1. The van der Waals surface area contributed by atoms with Crippen molar-refractivity contribution in [2.45, 2.75) is 51.7 Å². The van der Waals surface area contributed by atoms with Gasteiger partial charge in [-0.2, -0.15) is 0 Å². The SMILES string of the molecule is Cc1c(C(C)NCC2CCCCC2O)oc2ccccc12. The van der Waals surface area contributed by atoms with Gasteiger partial charge in [0.05, 0.1) is 12.1 Å². The molecule has 3 nitrogen and oxygen atoms in total. The van der Waals surface area contributed by atoms with Gasteiger partial charge in [0, 0.05) is 11.9 Å². The summed E-state index contributed by atoms with van der Waals surface area (Å²) >= 11 is 0. The van der Waals surface area contributed by atoms with E-state index in [2.05, 4.69) is 25.2 Å². The zero-order valence-corrected chi connectivity index (χ0v) is 12.9. The molecule has 0 amide bonds. The van der Waals surface area contributed by atoms with Crippen molar-refractivity contribution in [2.24, 2.45) is 5.92 Å². The third-order valence-electron chi connectivity index (χ3n) is 4.83. The molecular formula is C18H25NO2. The first-order valence-corrected chi connectivity index (χ1v) is 8.06. The monoisotopic (exact) mass is 287 g/mol. The Morgan fingerprint density at radius 3 is 2.81 bits per heavy atom. The van der Waals surface area contributed by atoms with E-state index in [0.29, 0.717) is 5.92 Å². The Labute approximate surface area is 126 Å². The van der Waals surface area contributed by atoms with Crippen molar-refractivity contribution in [1.29, 1.82) is 0 Å². The molecule has 1 saturated carbocycles. The van der Waals surface area contributed by atoms with Gasteiger partial charge in [-0.3, -0.25) is 0 Å². The van der Waals surface area contributed by atoms with E-state index in [1.165, 1.54) is 17.4 Å². The molecule has 1 aromatic heterocycles. The van der Waals surface area contributed by atoms with Crippen molar-refractivity contribution in [3.63, 3.8) is 0 Å². The van der Waals surface area contributed by atoms with Crippen molar-refractivity contribution >= 4 is 11.0 Å². The van der Waals surface area contributed by atoms with Gasteiger partial charge in [0.1, 0.15) is 11.3 Å². The average molecular weight is 287 g/mol. The zero-order chi connectivity index (χ0) is 14.8. The topological polar surface area (TPSA) is 45.4 Å². The maximum atomic E-state index is 10.1. The van der Waals surface area contributed by atoms with Crippen LogP contribution in [0.2, 0.25) is 0 Å². The molecule has 0 spiro atoms. The number of nitrogens with one attached hydrogen (secondary N) is 1. The molecular weight excluding hydrogens is 262 g/mol. The van der Waals surface area contributed by atoms with Crippen LogP contribution in [0.25, 0.3) is 11.0 Å². The van der Waals surface area contributed by atoms with Gasteiger partial charge in [-0.1, -0.05) is 31.0 Å². The minimum absolute atomic E-state index is 0.143. The summed E-state index contributed by atoms with van der Waals surface area (Å²) in [5.41, 5.74) is 2.17. The molecule has 1 aliphatic carbocycles. The second-order valence-corrected chi connectivity index (χ2v) is 6.33. The van der Waals surface area contributed by atoms with E-state index >= 15 is 0 Å². The quantitative estimate of drug-likeness (QED) is 0.895. The smallest absolute Gasteiger partial charge is 0.134 e. The number of aliphatic hydroxyl groups is 1. The Kier molecular flexibility index (Phi) is 4.32. The third kappa shape index (κ3) is 2.99. The lowest BCUT2D eigenvalue weighted by Crippen LogP contribution is -2.35. The van der Waals surface area contributed by atoms with E-state index in [4.69, 9.17) is 4.42 Å². The summed E-state index contributed by atoms with van der Waals surface area (Å²) in [7, 11) is 0. The van der Waals surface area contributed by atoms with Crippen LogP contribution in [-0.4, -0.2) is 17.8 Å². The van der Waals surface area contributed by atoms with Crippen molar-refractivity contribution in [3.05, 3.63) is 35.6 Å². The highest BCUT2D eigenvalue weighted by molar-refractivity contribution is 5.82. The molecule has 1 aromatic carbocycles. The van der Waals surface area contributed by atoms with Gasteiger partial charge in [0.25, 0.3) is 0 Å². The Bertz CT molecular complexity index is 604. The fourth-order valence-electron chi connectivity index (χ4n) is 3.45. The summed E-state index contributed by atoms with van der Waals surface area (Å²) in [6.45, 7) is 5.12. The fourth-order valence-corrected chi connectivity index (χ4v) is 3.45. The Balaban J connectivity index is 1.69. The van der Waals surface area contributed by atoms with Crippen molar-refractivity contribution in [2.75, 3.05) is 6.54 Å². The predicted octanol–water partition coefficient (Wildman–Crippen LogP) is 3.94. The largest absolute Gasteiger partial charge is 0.459 e. The number of rotatable bonds is 4. The van der Waals surface area contributed by atoms with Crippen LogP contribution < -0.4 is 5.32 Å². The van der Waals surface area contributed by atoms with Crippen LogP contribution in [0.4, 0.5) is 0 Å². The fraction of sp³-hybridized carbons (Fsp3) is 0.556. The van der Waals surface area contributed by atoms with Crippen molar-refractivity contribution < 1.29 is 9.52 Å². The second kappa shape index (κ2) is 6.20. The van der Waals surface area contributed by atoms with Crippen LogP contribution >= 0.6 is 0 Å². The molecule has 0 radical (unpaired) electrons. The molecule has 21 heavy (non-hydrogen) atoms. The second-order valence-electron chi connectivity index (χ2n) is 6.33. The summed E-state index contributed by atoms with van der Waals surface area (Å²) in [5, 5.41) is 14.8. The zero-order valence-electron chi connectivity index (χ0n) is 12.9. The molecule has 3 rings (SSSR count). The standard InChI is InChI=1S/C18H25NO2/c1-12-15-8-4-6-10-17(15)21-18(12)13(2)19-11-14-7-3-5-9-16(14)20/h4,6,8,10,13-14,16,19-20H,3,5,7,9,11H2,1-2H3. The van der Waals surface area contributed by atoms with Crippen LogP contribution in [0.3, 0.4) is 0 Å². The first kappa shape index (κ1) is 14.6. The molecule has 0 saturated heterocycles. The van der Waals surface area contributed by atoms with Crippen LogP contribution in [0.15, 0.2) is 28.7 Å². The predicted molar refractivity (Wildman–Crippen MR) is 85.3 cm³/mol. The Morgan fingerprint density at radius 2 is 2.05 bits per heavy atom. The number of aliphatic hydroxyl groups excluding tert-OH is 1. The van der Waals surface area contributed by atoms with Gasteiger partial charge in [-0.15, -0.1) is 0 Å². The molecule has 3 unspecified atom stereocenters. The number of hydrogen-bond donors (Lipinski definition) is 2. The van der Waals surface area contributed by atoms with Crippen molar-refractivity contribution in [1.82, 2.24) is 5.32 Å². The van der Waals surface area contributed by atoms with Gasteiger partial charge in [0.2, 0.25) is 0 Å². The van der Waals surface area contributed by atoms with E-state index in [9.17, 15) is 5.11 Å². The van der Waals surface area contributed by atoms with Crippen LogP contribution in [0.1, 0.15) is 50.0 Å². The lowest BCUT2D eigenvalue weighted by molar-refractivity contribution is 0.0680. The van der Waals surface area contributed by atoms with Gasteiger partial charge in [-0.25, -0.2) is 0 Å². The molecule has 0 aliphatic heterocycles. The average Bonchev–Trinajstić information content (AvgIpc) is 2.84.